The first-order valence-corrected chi connectivity index (χ1v) is 5.41. The van der Waals surface area contributed by atoms with E-state index in [1.807, 2.05) is 0 Å². The van der Waals surface area contributed by atoms with Crippen molar-refractivity contribution in [1.82, 2.24) is 0 Å². The fraction of sp³-hybridized carbons (Fsp3) is 0.417. The molecule has 0 fully saturated rings. The van der Waals surface area contributed by atoms with E-state index >= 15 is 0 Å². The summed E-state index contributed by atoms with van der Waals surface area (Å²) in [7, 11) is 2.87. The molecule has 6 nitrogen and oxygen atoms in total. The zero-order valence-electron chi connectivity index (χ0n) is 10.3. The number of rotatable bonds is 6. The van der Waals surface area contributed by atoms with Gasteiger partial charge in [-0.1, -0.05) is 0 Å². The number of ether oxygens (including phenoxy) is 2. The van der Waals surface area contributed by atoms with Crippen LogP contribution in [0.15, 0.2) is 12.1 Å². The monoisotopic (exact) mass is 255 g/mol. The van der Waals surface area contributed by atoms with Crippen LogP contribution in [0.1, 0.15) is 24.4 Å². The van der Waals surface area contributed by atoms with Gasteiger partial charge in [-0.25, -0.2) is 0 Å². The second-order valence-electron chi connectivity index (χ2n) is 3.81. The maximum atomic E-state index is 10.5. The topological polar surface area (TPSA) is 102 Å². The average molecular weight is 255 g/mol. The number of hydrogen-bond donors (Lipinski definition) is 3. The number of carbonyl (C=O) groups is 1. The Morgan fingerprint density at radius 3 is 2.56 bits per heavy atom. The van der Waals surface area contributed by atoms with Crippen molar-refractivity contribution in [1.29, 1.82) is 0 Å². The lowest BCUT2D eigenvalue weighted by Crippen LogP contribution is -2.12. The first-order valence-electron chi connectivity index (χ1n) is 5.41. The first kappa shape index (κ1) is 14.1. The van der Waals surface area contributed by atoms with Gasteiger partial charge in [0.2, 0.25) is 5.75 Å². The smallest absolute Gasteiger partial charge is 0.303 e. The number of benzene rings is 1. The van der Waals surface area contributed by atoms with Crippen molar-refractivity contribution in [3.05, 3.63) is 17.7 Å². The molecule has 100 valence electrons. The molecule has 1 aromatic carbocycles. The summed E-state index contributed by atoms with van der Waals surface area (Å²) in [6.45, 7) is 0. The lowest BCUT2D eigenvalue weighted by molar-refractivity contribution is -0.137. The molecule has 0 aliphatic heterocycles. The zero-order valence-corrected chi connectivity index (χ0v) is 10.3. The molecule has 0 heterocycles. The average Bonchev–Trinajstić information content (AvgIpc) is 2.34. The van der Waals surface area contributed by atoms with Gasteiger partial charge in [-0.05, 0) is 24.1 Å². The fourth-order valence-electron chi connectivity index (χ4n) is 1.62. The molecule has 1 atom stereocenters. The minimum absolute atomic E-state index is 0.0315. The van der Waals surface area contributed by atoms with Gasteiger partial charge >= 0.3 is 5.97 Å². The summed E-state index contributed by atoms with van der Waals surface area (Å²) in [6.07, 6.45) is 0.251. The van der Waals surface area contributed by atoms with E-state index in [1.165, 1.54) is 20.3 Å². The van der Waals surface area contributed by atoms with Crippen molar-refractivity contribution in [2.75, 3.05) is 14.2 Å². The van der Waals surface area contributed by atoms with Crippen LogP contribution in [-0.2, 0) is 4.79 Å². The molecule has 0 saturated heterocycles. The Balaban J connectivity index is 2.96. The summed E-state index contributed by atoms with van der Waals surface area (Å²) < 4.78 is 10.1. The van der Waals surface area contributed by atoms with Crippen LogP contribution in [0.2, 0.25) is 0 Å². The Hall–Kier alpha value is -1.95. The van der Waals surface area contributed by atoms with Crippen LogP contribution in [0.3, 0.4) is 0 Å². The van der Waals surface area contributed by atoms with E-state index in [1.54, 1.807) is 6.07 Å². The van der Waals surface area contributed by atoms with Gasteiger partial charge < -0.3 is 25.4 Å². The van der Waals surface area contributed by atoms with E-state index in [0.29, 0.717) is 11.3 Å². The van der Waals surface area contributed by atoms with Gasteiger partial charge in [-0.3, -0.25) is 4.79 Å². The number of carboxylic acid groups (broad SMARTS) is 1. The number of hydrogen-bond acceptors (Lipinski definition) is 5. The van der Waals surface area contributed by atoms with E-state index in [-0.39, 0.29) is 24.3 Å². The molecule has 0 aromatic heterocycles. The minimum Gasteiger partial charge on any atom is -0.504 e. The van der Waals surface area contributed by atoms with E-state index in [0.717, 1.165) is 0 Å². The van der Waals surface area contributed by atoms with Crippen molar-refractivity contribution < 1.29 is 24.5 Å². The minimum atomic E-state index is -0.907. The van der Waals surface area contributed by atoms with Gasteiger partial charge in [-0.15, -0.1) is 0 Å². The molecular formula is C12H17NO5. The summed E-state index contributed by atoms with van der Waals surface area (Å²) in [6, 6.07) is 2.60. The molecule has 1 aromatic rings. The van der Waals surface area contributed by atoms with Gasteiger partial charge in [-0.2, -0.15) is 0 Å². The number of aliphatic carboxylic acids is 1. The van der Waals surface area contributed by atoms with Crippen molar-refractivity contribution in [3.63, 3.8) is 0 Å². The molecule has 18 heavy (non-hydrogen) atoms. The maximum Gasteiger partial charge on any atom is 0.303 e. The van der Waals surface area contributed by atoms with Crippen LogP contribution in [-0.4, -0.2) is 30.4 Å². The molecule has 0 radical (unpaired) electrons. The Kier molecular flexibility index (Phi) is 4.79. The Labute approximate surface area is 105 Å². The highest BCUT2D eigenvalue weighted by atomic mass is 16.5. The van der Waals surface area contributed by atoms with Crippen molar-refractivity contribution in [3.8, 4) is 17.2 Å². The highest BCUT2D eigenvalue weighted by molar-refractivity contribution is 5.66. The predicted octanol–water partition coefficient (Wildman–Crippen LogP) is 1.27. The standard InChI is InChI=1S/C12H17NO5/c1-17-10-6-7(5-9(14)12(10)18-2)8(13)3-4-11(15)16/h5-6,8,14H,3-4,13H2,1-2H3,(H,15,16). The fourth-order valence-corrected chi connectivity index (χ4v) is 1.62. The van der Waals surface area contributed by atoms with E-state index in [9.17, 15) is 9.90 Å². The van der Waals surface area contributed by atoms with Crippen LogP contribution in [0.25, 0.3) is 0 Å². The zero-order chi connectivity index (χ0) is 13.7. The summed E-state index contributed by atoms with van der Waals surface area (Å²) in [5.74, 6) is -0.405. The molecule has 1 rings (SSSR count). The van der Waals surface area contributed by atoms with E-state index in [2.05, 4.69) is 0 Å². The molecule has 0 amide bonds. The largest absolute Gasteiger partial charge is 0.504 e. The molecule has 0 aliphatic carbocycles. The summed E-state index contributed by atoms with van der Waals surface area (Å²) >= 11 is 0. The molecule has 1 unspecified atom stereocenters. The normalized spacial score (nSPS) is 11.9. The van der Waals surface area contributed by atoms with Crippen LogP contribution >= 0.6 is 0 Å². The van der Waals surface area contributed by atoms with Crippen LogP contribution in [0.5, 0.6) is 17.2 Å². The number of phenols is 1. The van der Waals surface area contributed by atoms with Gasteiger partial charge in [0, 0.05) is 12.5 Å². The number of carboxylic acids is 1. The third kappa shape index (κ3) is 3.27. The SMILES string of the molecule is COc1cc(C(N)CCC(=O)O)cc(O)c1OC. The molecule has 0 bridgehead atoms. The molecular weight excluding hydrogens is 238 g/mol. The highest BCUT2D eigenvalue weighted by Crippen LogP contribution is 2.39. The molecule has 4 N–H and O–H groups in total. The van der Waals surface area contributed by atoms with E-state index < -0.39 is 12.0 Å². The van der Waals surface area contributed by atoms with E-state index in [4.69, 9.17) is 20.3 Å². The Morgan fingerprint density at radius 1 is 1.39 bits per heavy atom. The predicted molar refractivity (Wildman–Crippen MR) is 65.0 cm³/mol. The summed E-state index contributed by atoms with van der Waals surface area (Å²) in [5, 5.41) is 18.3. The summed E-state index contributed by atoms with van der Waals surface area (Å²) in [5.41, 5.74) is 6.46. The maximum absolute atomic E-state index is 10.5. The third-order valence-corrected chi connectivity index (χ3v) is 2.58. The Bertz CT molecular complexity index is 433. The molecule has 6 heteroatoms. The molecule has 0 saturated carbocycles. The number of phenolic OH excluding ortho intramolecular Hbond substituents is 1. The van der Waals surface area contributed by atoms with Gasteiger partial charge in [0.05, 0.1) is 14.2 Å². The van der Waals surface area contributed by atoms with Crippen molar-refractivity contribution >= 4 is 5.97 Å². The highest BCUT2D eigenvalue weighted by Gasteiger charge is 2.16. The number of aromatic hydroxyl groups is 1. The lowest BCUT2D eigenvalue weighted by atomic mass is 10.0. The van der Waals surface area contributed by atoms with Crippen molar-refractivity contribution in [2.45, 2.75) is 18.9 Å². The van der Waals surface area contributed by atoms with Gasteiger partial charge in [0.1, 0.15) is 0 Å². The second-order valence-corrected chi connectivity index (χ2v) is 3.81. The Morgan fingerprint density at radius 2 is 2.06 bits per heavy atom. The number of methoxy groups -OCH3 is 2. The molecule has 0 aliphatic rings. The van der Waals surface area contributed by atoms with Crippen molar-refractivity contribution in [2.24, 2.45) is 5.73 Å². The van der Waals surface area contributed by atoms with Crippen LogP contribution in [0, 0.1) is 0 Å². The number of nitrogens with two attached hydrogens (primary N) is 1. The first-order chi connectivity index (χ1) is 8.49. The second kappa shape index (κ2) is 6.11. The molecule has 0 spiro atoms. The van der Waals surface area contributed by atoms with Crippen LogP contribution < -0.4 is 15.2 Å². The van der Waals surface area contributed by atoms with Crippen LogP contribution in [0.4, 0.5) is 0 Å². The van der Waals surface area contributed by atoms with Gasteiger partial charge in [0.25, 0.3) is 0 Å². The quantitative estimate of drug-likeness (QED) is 0.707. The lowest BCUT2D eigenvalue weighted by Gasteiger charge is -2.15. The third-order valence-electron chi connectivity index (χ3n) is 2.58. The van der Waals surface area contributed by atoms with Gasteiger partial charge in [0.15, 0.2) is 11.5 Å². The summed E-state index contributed by atoms with van der Waals surface area (Å²) in [4.78, 5) is 10.5.